The van der Waals surface area contributed by atoms with Crippen LogP contribution in [0.25, 0.3) is 22.3 Å². The van der Waals surface area contributed by atoms with Gasteiger partial charge in [-0.05, 0) is 74.1 Å². The van der Waals surface area contributed by atoms with E-state index in [9.17, 15) is 14.0 Å². The standard InChI is InChI=1S/C22H21FN2O2.C4H8O.C2H6.CH4S/c1-11-7-19-21-15(9-25(19)22(26)16(11)10-27-3)14-6-4-5-13-12(2)17(23)8-18(24-21)20(13)14;1-2-3-4-5;2*1-2/h7-8H,4-6,9-10H2,1-3H3;4H,2-3H2,1H3;1-2H3;2H,1H3. The van der Waals surface area contributed by atoms with Crippen molar-refractivity contribution in [3.05, 3.63) is 61.7 Å². The van der Waals surface area contributed by atoms with E-state index in [1.807, 2.05) is 40.7 Å². The number of halogens is 1. The molecule has 0 spiro atoms. The van der Waals surface area contributed by atoms with Crippen LogP contribution in [0.4, 0.5) is 4.39 Å². The Balaban J connectivity index is 0.000000448. The Morgan fingerprint density at radius 2 is 1.81 bits per heavy atom. The normalized spacial score (nSPS) is 12.2. The zero-order valence-electron chi connectivity index (χ0n) is 22.6. The van der Waals surface area contributed by atoms with Crippen LogP contribution >= 0.6 is 12.6 Å². The van der Waals surface area contributed by atoms with E-state index in [0.717, 1.165) is 71.0 Å². The van der Waals surface area contributed by atoms with Gasteiger partial charge in [-0.3, -0.25) is 4.79 Å². The highest BCUT2D eigenvalue weighted by Gasteiger charge is 2.30. The molecule has 1 aromatic carbocycles. The minimum Gasteiger partial charge on any atom is -0.380 e. The number of carbonyl (C=O) groups is 1. The Hall–Kier alpha value is -2.51. The third-order valence-electron chi connectivity index (χ3n) is 6.55. The number of aromatic nitrogens is 2. The van der Waals surface area contributed by atoms with Crippen LogP contribution in [0.5, 0.6) is 0 Å². The van der Waals surface area contributed by atoms with Gasteiger partial charge in [0.15, 0.2) is 0 Å². The van der Waals surface area contributed by atoms with E-state index in [1.54, 1.807) is 24.0 Å². The number of hydrogen-bond acceptors (Lipinski definition) is 5. The third-order valence-corrected chi connectivity index (χ3v) is 6.55. The molecule has 0 saturated heterocycles. The molecule has 0 N–H and O–H groups in total. The Kier molecular flexibility index (Phi) is 11.3. The highest BCUT2D eigenvalue weighted by molar-refractivity contribution is 7.79. The number of pyridine rings is 2. The van der Waals surface area contributed by atoms with Gasteiger partial charge in [0.25, 0.3) is 5.56 Å². The number of ether oxygens (including phenoxy) is 1. The average molecular weight is 515 g/mol. The van der Waals surface area contributed by atoms with Gasteiger partial charge in [-0.2, -0.15) is 12.6 Å². The quantitative estimate of drug-likeness (QED) is 0.254. The smallest absolute Gasteiger partial charge is 0.257 e. The van der Waals surface area contributed by atoms with Crippen molar-refractivity contribution in [2.45, 2.75) is 79.9 Å². The maximum absolute atomic E-state index is 14.5. The molecule has 0 saturated carbocycles. The summed E-state index contributed by atoms with van der Waals surface area (Å²) in [6.07, 6.45) is 7.15. The van der Waals surface area contributed by atoms with E-state index in [1.165, 1.54) is 5.56 Å². The minimum absolute atomic E-state index is 0.0144. The SMILES string of the molecule is CC.CCCC=O.COCc1c(C)cc2n(c1=O)Cc1c-2nc2cc(F)c(C)c3c2c1CCC3.CS. The monoisotopic (exact) mass is 514 g/mol. The molecule has 7 heteroatoms. The number of nitrogens with zero attached hydrogens (tertiary/aromatic N) is 2. The number of aryl methyl sites for hydroxylation is 3. The lowest BCUT2D eigenvalue weighted by atomic mass is 9.85. The van der Waals surface area contributed by atoms with Gasteiger partial charge in [-0.25, -0.2) is 9.37 Å². The van der Waals surface area contributed by atoms with E-state index < -0.39 is 0 Å². The number of fused-ring (bicyclic) bond motifs is 4. The topological polar surface area (TPSA) is 61.2 Å². The molecule has 0 fully saturated rings. The molecule has 196 valence electrons. The molecule has 0 radical (unpaired) electrons. The van der Waals surface area contributed by atoms with Crippen LogP contribution < -0.4 is 5.56 Å². The second kappa shape index (κ2) is 13.7. The molecule has 1 aliphatic heterocycles. The van der Waals surface area contributed by atoms with Crippen molar-refractivity contribution in [1.82, 2.24) is 9.55 Å². The van der Waals surface area contributed by atoms with Gasteiger partial charge in [-0.1, -0.05) is 20.8 Å². The second-order valence-electron chi connectivity index (χ2n) is 8.60. The molecule has 0 bridgehead atoms. The highest BCUT2D eigenvalue weighted by atomic mass is 32.1. The number of carbonyl (C=O) groups excluding carboxylic acids is 1. The maximum atomic E-state index is 14.5. The summed E-state index contributed by atoms with van der Waals surface area (Å²) in [6.45, 7) is 10.6. The fourth-order valence-corrected chi connectivity index (χ4v) is 4.87. The first-order valence-electron chi connectivity index (χ1n) is 12.7. The van der Waals surface area contributed by atoms with E-state index in [0.29, 0.717) is 30.7 Å². The van der Waals surface area contributed by atoms with E-state index >= 15 is 0 Å². The van der Waals surface area contributed by atoms with Crippen molar-refractivity contribution in [2.75, 3.05) is 13.4 Å². The first-order valence-corrected chi connectivity index (χ1v) is 13.6. The van der Waals surface area contributed by atoms with Crippen LogP contribution in [0.1, 0.15) is 73.4 Å². The number of aldehydes is 1. The first-order chi connectivity index (χ1) is 17.4. The molecule has 5 nitrogen and oxygen atoms in total. The van der Waals surface area contributed by atoms with Gasteiger partial charge in [0, 0.05) is 36.1 Å². The van der Waals surface area contributed by atoms with E-state index in [2.05, 4.69) is 12.6 Å². The van der Waals surface area contributed by atoms with Crippen LogP contribution in [-0.4, -0.2) is 29.2 Å². The van der Waals surface area contributed by atoms with Gasteiger partial charge in [-0.15, -0.1) is 0 Å². The molecule has 2 aliphatic rings. The van der Waals surface area contributed by atoms with Crippen LogP contribution in [0.2, 0.25) is 0 Å². The highest BCUT2D eigenvalue weighted by Crippen LogP contribution is 2.41. The van der Waals surface area contributed by atoms with Crippen molar-refractivity contribution in [2.24, 2.45) is 0 Å². The van der Waals surface area contributed by atoms with Crippen LogP contribution in [-0.2, 0) is 35.5 Å². The van der Waals surface area contributed by atoms with E-state index in [4.69, 9.17) is 9.72 Å². The summed E-state index contributed by atoms with van der Waals surface area (Å²) >= 11 is 3.53. The predicted octanol–water partition coefficient (Wildman–Crippen LogP) is 6.37. The average Bonchev–Trinajstić information content (AvgIpc) is 3.27. The van der Waals surface area contributed by atoms with Crippen molar-refractivity contribution in [3.8, 4) is 11.4 Å². The summed E-state index contributed by atoms with van der Waals surface area (Å²) < 4.78 is 21.5. The predicted molar refractivity (Wildman–Crippen MR) is 150 cm³/mol. The molecule has 2 aromatic heterocycles. The van der Waals surface area contributed by atoms with Crippen molar-refractivity contribution >= 4 is 29.8 Å². The fourth-order valence-electron chi connectivity index (χ4n) is 4.87. The van der Waals surface area contributed by atoms with Gasteiger partial charge < -0.3 is 14.1 Å². The van der Waals surface area contributed by atoms with Gasteiger partial charge in [0.1, 0.15) is 12.1 Å². The number of hydrogen-bond donors (Lipinski definition) is 1. The number of unbranched alkanes of at least 4 members (excludes halogenated alkanes) is 1. The molecule has 3 heterocycles. The fraction of sp³-hybridized carbons (Fsp3) is 0.483. The van der Waals surface area contributed by atoms with Gasteiger partial charge in [0.05, 0.1) is 30.1 Å². The molecular formula is C29H39FN2O3S. The summed E-state index contributed by atoms with van der Waals surface area (Å²) in [5.41, 5.74) is 8.14. The second-order valence-corrected chi connectivity index (χ2v) is 8.60. The van der Waals surface area contributed by atoms with Crippen molar-refractivity contribution < 1.29 is 13.9 Å². The Morgan fingerprint density at radius 3 is 2.39 bits per heavy atom. The third kappa shape index (κ3) is 5.57. The molecule has 1 aliphatic carbocycles. The zero-order valence-corrected chi connectivity index (χ0v) is 23.5. The number of thiol groups is 1. The molecular weight excluding hydrogens is 475 g/mol. The lowest BCUT2D eigenvalue weighted by Crippen LogP contribution is -2.24. The Bertz CT molecular complexity index is 1280. The molecule has 3 aromatic rings. The molecule has 36 heavy (non-hydrogen) atoms. The number of rotatable bonds is 4. The Labute approximate surface area is 219 Å². The summed E-state index contributed by atoms with van der Waals surface area (Å²) in [7, 11) is 1.60. The summed E-state index contributed by atoms with van der Waals surface area (Å²) in [5.74, 6) is -0.195. The molecule has 0 amide bonds. The van der Waals surface area contributed by atoms with Crippen LogP contribution in [0, 0.1) is 19.7 Å². The number of methoxy groups -OCH3 is 1. The summed E-state index contributed by atoms with van der Waals surface area (Å²) in [6, 6.07) is 3.57. The van der Waals surface area contributed by atoms with Crippen molar-refractivity contribution in [1.29, 1.82) is 0 Å². The Morgan fingerprint density at radius 1 is 1.14 bits per heavy atom. The lowest BCUT2D eigenvalue weighted by molar-refractivity contribution is -0.107. The number of benzene rings is 1. The molecule has 0 atom stereocenters. The van der Waals surface area contributed by atoms with Crippen LogP contribution in [0.15, 0.2) is 16.9 Å². The first kappa shape index (κ1) is 29.7. The van der Waals surface area contributed by atoms with Crippen molar-refractivity contribution in [3.63, 3.8) is 0 Å². The zero-order chi connectivity index (χ0) is 27.0. The maximum Gasteiger partial charge on any atom is 0.257 e. The molecule has 5 rings (SSSR count). The summed E-state index contributed by atoms with van der Waals surface area (Å²) in [5, 5.41) is 1.11. The van der Waals surface area contributed by atoms with E-state index in [-0.39, 0.29) is 11.4 Å². The largest absolute Gasteiger partial charge is 0.380 e. The lowest BCUT2D eigenvalue weighted by Gasteiger charge is -2.21. The summed E-state index contributed by atoms with van der Waals surface area (Å²) in [4.78, 5) is 27.3. The molecule has 0 unspecified atom stereocenters. The van der Waals surface area contributed by atoms with Gasteiger partial charge in [0.2, 0.25) is 0 Å². The van der Waals surface area contributed by atoms with Crippen LogP contribution in [0.3, 0.4) is 0 Å². The van der Waals surface area contributed by atoms with Gasteiger partial charge >= 0.3 is 0 Å². The minimum atomic E-state index is -0.195.